The highest BCUT2D eigenvalue weighted by Gasteiger charge is 2.22. The number of fused-ring (bicyclic) bond motifs is 1. The normalized spacial score (nSPS) is 13.8. The van der Waals surface area contributed by atoms with Crippen molar-refractivity contribution in [2.75, 3.05) is 19.0 Å². The number of carbonyl (C=O) groups excluding carboxylic acids is 1. The maximum absolute atomic E-state index is 12.7. The lowest BCUT2D eigenvalue weighted by atomic mass is 10.1. The summed E-state index contributed by atoms with van der Waals surface area (Å²) in [5, 5.41) is 3.58. The minimum absolute atomic E-state index is 0.196. The summed E-state index contributed by atoms with van der Waals surface area (Å²) in [5.74, 6) is 0.446. The van der Waals surface area contributed by atoms with Gasteiger partial charge in [-0.15, -0.1) is 11.3 Å². The van der Waals surface area contributed by atoms with Gasteiger partial charge in [0.15, 0.2) is 5.13 Å². The van der Waals surface area contributed by atoms with E-state index >= 15 is 0 Å². The highest BCUT2D eigenvalue weighted by molar-refractivity contribution is 9.10. The van der Waals surface area contributed by atoms with E-state index in [1.165, 1.54) is 10.4 Å². The van der Waals surface area contributed by atoms with Crippen molar-refractivity contribution in [2.45, 2.75) is 19.5 Å². The zero-order valence-corrected chi connectivity index (χ0v) is 17.8. The third kappa shape index (κ3) is 4.27. The Labute approximate surface area is 176 Å². The number of methoxy groups -OCH3 is 1. The fourth-order valence-electron chi connectivity index (χ4n) is 3.25. The summed E-state index contributed by atoms with van der Waals surface area (Å²) in [6.45, 7) is 2.76. The molecule has 0 unspecified atom stereocenters. The zero-order chi connectivity index (χ0) is 19.5. The molecule has 0 atom stereocenters. The first-order valence-electron chi connectivity index (χ1n) is 9.02. The van der Waals surface area contributed by atoms with Crippen LogP contribution in [0.4, 0.5) is 5.13 Å². The van der Waals surface area contributed by atoms with Crippen molar-refractivity contribution >= 4 is 38.3 Å². The Hall–Kier alpha value is -2.22. The van der Waals surface area contributed by atoms with E-state index in [2.05, 4.69) is 55.4 Å². The first-order chi connectivity index (χ1) is 13.6. The van der Waals surface area contributed by atoms with Gasteiger partial charge in [-0.3, -0.25) is 15.0 Å². The first-order valence-corrected chi connectivity index (χ1v) is 10.6. The summed E-state index contributed by atoms with van der Waals surface area (Å²) in [4.78, 5) is 21.0. The molecule has 0 saturated heterocycles. The van der Waals surface area contributed by atoms with E-state index < -0.39 is 0 Å². The van der Waals surface area contributed by atoms with Crippen molar-refractivity contribution < 1.29 is 9.53 Å². The van der Waals surface area contributed by atoms with Crippen LogP contribution in [0.25, 0.3) is 0 Å². The average molecular weight is 458 g/mol. The molecular formula is C21H20BrN3O2S. The van der Waals surface area contributed by atoms with Crippen LogP contribution >= 0.6 is 27.3 Å². The Bertz CT molecular complexity index is 991. The molecule has 144 valence electrons. The Balaban J connectivity index is 1.45. The number of nitrogens with zero attached hydrogens (tertiary/aromatic N) is 2. The summed E-state index contributed by atoms with van der Waals surface area (Å²) in [6.07, 6.45) is 0.900. The summed E-state index contributed by atoms with van der Waals surface area (Å²) in [5.41, 5.74) is 2.93. The third-order valence-corrected chi connectivity index (χ3v) is 6.39. The van der Waals surface area contributed by atoms with Crippen LogP contribution in [0.15, 0.2) is 53.0 Å². The minimum atomic E-state index is -0.196. The highest BCUT2D eigenvalue weighted by atomic mass is 79.9. The summed E-state index contributed by atoms with van der Waals surface area (Å²) in [7, 11) is 1.58. The summed E-state index contributed by atoms with van der Waals surface area (Å²) in [6, 6.07) is 15.8. The van der Waals surface area contributed by atoms with Gasteiger partial charge in [0.1, 0.15) is 5.75 Å². The number of aromatic nitrogens is 1. The van der Waals surface area contributed by atoms with Crippen LogP contribution in [-0.4, -0.2) is 29.4 Å². The second-order valence-corrected chi connectivity index (χ2v) is 8.57. The predicted molar refractivity (Wildman–Crippen MR) is 115 cm³/mol. The molecule has 0 aliphatic carbocycles. The highest BCUT2D eigenvalue weighted by Crippen LogP contribution is 2.30. The number of benzene rings is 2. The van der Waals surface area contributed by atoms with Gasteiger partial charge in [-0.1, -0.05) is 30.3 Å². The molecule has 3 aromatic rings. The predicted octanol–water partition coefficient (Wildman–Crippen LogP) is 4.72. The fraction of sp³-hybridized carbons (Fsp3) is 0.238. The lowest BCUT2D eigenvalue weighted by Crippen LogP contribution is -2.29. The van der Waals surface area contributed by atoms with Crippen LogP contribution in [0.3, 0.4) is 0 Å². The summed E-state index contributed by atoms with van der Waals surface area (Å²) < 4.78 is 5.94. The van der Waals surface area contributed by atoms with E-state index in [4.69, 9.17) is 4.74 Å². The molecule has 2 aromatic carbocycles. The van der Waals surface area contributed by atoms with E-state index in [-0.39, 0.29) is 5.91 Å². The molecule has 0 bridgehead atoms. The molecule has 1 aliphatic rings. The van der Waals surface area contributed by atoms with E-state index in [1.54, 1.807) is 24.5 Å². The van der Waals surface area contributed by atoms with Crippen molar-refractivity contribution in [1.82, 2.24) is 9.88 Å². The Morgan fingerprint density at radius 1 is 1.29 bits per heavy atom. The standard InChI is InChI=1S/C21H20BrN3O2S/c1-27-15-7-8-17(22)16(11-15)20(26)24-21-23-18-9-10-25(13-19(18)28-21)12-14-5-3-2-4-6-14/h2-8,11H,9-10,12-13H2,1H3,(H,23,24,26). The second kappa shape index (κ2) is 8.43. The fourth-order valence-corrected chi connectivity index (χ4v) is 4.72. The lowest BCUT2D eigenvalue weighted by molar-refractivity contribution is 0.102. The molecule has 1 aromatic heterocycles. The molecule has 0 saturated carbocycles. The molecule has 1 aliphatic heterocycles. The molecule has 0 fully saturated rings. The monoisotopic (exact) mass is 457 g/mol. The van der Waals surface area contributed by atoms with Crippen LogP contribution in [-0.2, 0) is 19.5 Å². The number of ether oxygens (including phenoxy) is 1. The number of hydrogen-bond donors (Lipinski definition) is 1. The maximum atomic E-state index is 12.7. The smallest absolute Gasteiger partial charge is 0.258 e. The first kappa shape index (κ1) is 19.1. The Kier molecular flexibility index (Phi) is 5.75. The van der Waals surface area contributed by atoms with E-state index in [0.717, 1.165) is 36.2 Å². The number of hydrogen-bond acceptors (Lipinski definition) is 5. The molecule has 4 rings (SSSR count). The largest absolute Gasteiger partial charge is 0.497 e. The van der Waals surface area contributed by atoms with Gasteiger partial charge in [-0.25, -0.2) is 4.98 Å². The summed E-state index contributed by atoms with van der Waals surface area (Å²) >= 11 is 4.99. The van der Waals surface area contributed by atoms with Crippen LogP contribution in [0, 0.1) is 0 Å². The number of thiazole rings is 1. The molecule has 0 spiro atoms. The van der Waals surface area contributed by atoms with Gasteiger partial charge in [-0.2, -0.15) is 0 Å². The number of nitrogens with one attached hydrogen (secondary N) is 1. The van der Waals surface area contributed by atoms with Crippen molar-refractivity contribution in [3.63, 3.8) is 0 Å². The number of halogens is 1. The van der Waals surface area contributed by atoms with Gasteiger partial charge < -0.3 is 4.74 Å². The van der Waals surface area contributed by atoms with Crippen LogP contribution < -0.4 is 10.1 Å². The van der Waals surface area contributed by atoms with E-state index in [9.17, 15) is 4.79 Å². The number of carbonyl (C=O) groups is 1. The van der Waals surface area contributed by atoms with Crippen LogP contribution in [0.2, 0.25) is 0 Å². The molecular weight excluding hydrogens is 438 g/mol. The van der Waals surface area contributed by atoms with Crippen molar-refractivity contribution in [2.24, 2.45) is 0 Å². The van der Waals surface area contributed by atoms with Gasteiger partial charge in [0.05, 0.1) is 18.4 Å². The van der Waals surface area contributed by atoms with Crippen LogP contribution in [0.5, 0.6) is 5.75 Å². The van der Waals surface area contributed by atoms with Gasteiger partial charge in [0.2, 0.25) is 0 Å². The number of amides is 1. The van der Waals surface area contributed by atoms with Crippen molar-refractivity contribution in [1.29, 1.82) is 0 Å². The Morgan fingerprint density at radius 3 is 2.89 bits per heavy atom. The maximum Gasteiger partial charge on any atom is 0.258 e. The third-order valence-electron chi connectivity index (χ3n) is 4.70. The van der Waals surface area contributed by atoms with E-state index in [1.807, 2.05) is 18.2 Å². The molecule has 1 N–H and O–H groups in total. The average Bonchev–Trinajstić information content (AvgIpc) is 3.10. The SMILES string of the molecule is COc1ccc(Br)c(C(=O)Nc2nc3c(s2)CN(Cc2ccccc2)CC3)c1. The van der Waals surface area contributed by atoms with Gasteiger partial charge >= 0.3 is 0 Å². The molecule has 2 heterocycles. The molecule has 5 nitrogen and oxygen atoms in total. The molecule has 7 heteroatoms. The zero-order valence-electron chi connectivity index (χ0n) is 15.4. The van der Waals surface area contributed by atoms with Gasteiger partial charge in [0.25, 0.3) is 5.91 Å². The second-order valence-electron chi connectivity index (χ2n) is 6.64. The van der Waals surface area contributed by atoms with Crippen molar-refractivity contribution in [3.8, 4) is 5.75 Å². The minimum Gasteiger partial charge on any atom is -0.497 e. The van der Waals surface area contributed by atoms with Gasteiger partial charge in [-0.05, 0) is 39.7 Å². The number of anilines is 1. The molecule has 0 radical (unpaired) electrons. The van der Waals surface area contributed by atoms with Gasteiger partial charge in [0, 0.05) is 35.4 Å². The van der Waals surface area contributed by atoms with E-state index in [0.29, 0.717) is 16.4 Å². The Morgan fingerprint density at radius 2 is 2.11 bits per heavy atom. The molecule has 1 amide bonds. The number of rotatable bonds is 5. The lowest BCUT2D eigenvalue weighted by Gasteiger charge is -2.25. The quantitative estimate of drug-likeness (QED) is 0.601. The van der Waals surface area contributed by atoms with Crippen LogP contribution in [0.1, 0.15) is 26.5 Å². The van der Waals surface area contributed by atoms with Crippen molar-refractivity contribution in [3.05, 3.63) is 74.7 Å². The molecule has 28 heavy (non-hydrogen) atoms. The topological polar surface area (TPSA) is 54.5 Å².